The number of piperazine rings is 1. The lowest BCUT2D eigenvalue weighted by molar-refractivity contribution is -0.156. The normalized spacial score (nSPS) is 17.5. The lowest BCUT2D eigenvalue weighted by atomic mass is 9.82. The molecule has 0 bridgehead atoms. The second-order valence-corrected chi connectivity index (χ2v) is 10.7. The Hall–Kier alpha value is -4.24. The molecular weight excluding hydrogens is 540 g/mol. The number of piperidine rings is 1. The summed E-state index contributed by atoms with van der Waals surface area (Å²) >= 11 is 6.74. The maximum Gasteiger partial charge on any atom is 0.246 e. The molecule has 0 saturated carbocycles. The summed E-state index contributed by atoms with van der Waals surface area (Å²) in [6.07, 6.45) is 7.47. The van der Waals surface area contributed by atoms with Crippen LogP contribution in [0.3, 0.4) is 0 Å². The predicted molar refractivity (Wildman–Crippen MR) is 161 cm³/mol. The zero-order valence-corrected chi connectivity index (χ0v) is 23.9. The molecule has 1 unspecified atom stereocenters. The zero-order valence-electron chi connectivity index (χ0n) is 23.1. The van der Waals surface area contributed by atoms with E-state index in [-0.39, 0.29) is 24.3 Å². The van der Waals surface area contributed by atoms with Crippen LogP contribution in [0.5, 0.6) is 5.75 Å². The molecule has 0 aliphatic carbocycles. The van der Waals surface area contributed by atoms with Crippen LogP contribution in [0.25, 0.3) is 11.1 Å². The number of aromatic nitrogens is 1. The van der Waals surface area contributed by atoms with Crippen LogP contribution in [0, 0.1) is 5.41 Å². The number of pyridine rings is 1. The van der Waals surface area contributed by atoms with Gasteiger partial charge < -0.3 is 25.3 Å². The summed E-state index contributed by atoms with van der Waals surface area (Å²) in [5.74, 6) is 0.351. The molecule has 9 nitrogen and oxygen atoms in total. The van der Waals surface area contributed by atoms with Crippen LogP contribution in [0.1, 0.15) is 29.9 Å². The van der Waals surface area contributed by atoms with E-state index in [1.54, 1.807) is 37.7 Å². The number of amides is 2. The summed E-state index contributed by atoms with van der Waals surface area (Å²) in [4.78, 5) is 38.9. The molecule has 0 radical (unpaired) electrons. The fourth-order valence-corrected chi connectivity index (χ4v) is 6.04. The Morgan fingerprint density at radius 1 is 1.12 bits per heavy atom. The topological polar surface area (TPSA) is 111 Å². The number of carbonyl (C=O) groups is 2. The summed E-state index contributed by atoms with van der Waals surface area (Å²) in [7, 11) is 3.31. The van der Waals surface area contributed by atoms with Gasteiger partial charge in [-0.2, -0.15) is 0 Å². The van der Waals surface area contributed by atoms with Crippen molar-refractivity contribution in [2.45, 2.75) is 30.8 Å². The van der Waals surface area contributed by atoms with Crippen LogP contribution in [0.15, 0.2) is 65.9 Å². The first kappa shape index (κ1) is 28.3. The number of carbonyl (C=O) groups excluding carboxylic acids is 2. The molecule has 41 heavy (non-hydrogen) atoms. The van der Waals surface area contributed by atoms with E-state index in [1.807, 2.05) is 48.5 Å². The van der Waals surface area contributed by atoms with Gasteiger partial charge in [0.05, 0.1) is 30.3 Å². The second-order valence-electron chi connectivity index (χ2n) is 10.3. The Balaban J connectivity index is 1.40. The van der Waals surface area contributed by atoms with Gasteiger partial charge in [-0.25, -0.2) is 0 Å². The molecule has 2 fully saturated rings. The summed E-state index contributed by atoms with van der Waals surface area (Å²) in [6, 6.07) is 15.5. The number of methoxy groups -OCH3 is 1. The highest BCUT2D eigenvalue weighted by atomic mass is 35.5. The number of anilines is 1. The van der Waals surface area contributed by atoms with Gasteiger partial charge >= 0.3 is 0 Å². The standard InChI is InChI=1S/C31H33ClN6O3/c1-34-16-24(15-33)22-5-7-23(8-6-22)26-17-35-18-27(32)29(26)37-13-11-31(12-14-37)30(40)36-19-28(39)38(31)20-21-3-9-25(41-2)10-4-21/h3-10,15-18,24,33H,11-14,19-20H2,1-2H3,(H,36,40). The molecular formula is C31H33ClN6O3. The summed E-state index contributed by atoms with van der Waals surface area (Å²) < 4.78 is 5.26. The van der Waals surface area contributed by atoms with Crippen molar-refractivity contribution in [1.29, 1.82) is 5.41 Å². The highest BCUT2D eigenvalue weighted by Crippen LogP contribution is 2.41. The Kier molecular flexibility index (Phi) is 8.35. The number of benzene rings is 2. The number of rotatable bonds is 8. The third kappa shape index (κ3) is 5.54. The van der Waals surface area contributed by atoms with Crippen molar-refractivity contribution >= 4 is 41.5 Å². The van der Waals surface area contributed by atoms with Crippen molar-refractivity contribution in [2.24, 2.45) is 4.99 Å². The molecule has 2 aromatic carbocycles. The highest BCUT2D eigenvalue weighted by Gasteiger charge is 2.51. The summed E-state index contributed by atoms with van der Waals surface area (Å²) in [6.45, 7) is 1.43. The maximum absolute atomic E-state index is 13.4. The Labute approximate surface area is 244 Å². The first-order valence-electron chi connectivity index (χ1n) is 13.5. The van der Waals surface area contributed by atoms with Gasteiger partial charge in [-0.1, -0.05) is 48.0 Å². The average molecular weight is 573 g/mol. The van der Waals surface area contributed by atoms with E-state index in [2.05, 4.69) is 20.2 Å². The smallest absolute Gasteiger partial charge is 0.246 e. The van der Waals surface area contributed by atoms with E-state index < -0.39 is 5.54 Å². The average Bonchev–Trinajstić information content (AvgIpc) is 3.01. The first-order chi connectivity index (χ1) is 19.9. The van der Waals surface area contributed by atoms with Crippen molar-refractivity contribution in [1.82, 2.24) is 15.2 Å². The second kappa shape index (κ2) is 12.1. The van der Waals surface area contributed by atoms with Gasteiger partial charge in [-0.3, -0.25) is 19.6 Å². The molecule has 2 aliphatic rings. The zero-order chi connectivity index (χ0) is 29.0. The molecule has 3 aromatic rings. The largest absolute Gasteiger partial charge is 0.497 e. The molecule has 212 valence electrons. The minimum Gasteiger partial charge on any atom is -0.497 e. The van der Waals surface area contributed by atoms with Crippen molar-refractivity contribution in [3.63, 3.8) is 0 Å². The molecule has 2 N–H and O–H groups in total. The monoisotopic (exact) mass is 572 g/mol. The van der Waals surface area contributed by atoms with Gasteiger partial charge in [0.25, 0.3) is 0 Å². The van der Waals surface area contributed by atoms with Gasteiger partial charge in [0.2, 0.25) is 11.8 Å². The van der Waals surface area contributed by atoms with Gasteiger partial charge in [-0.05, 0) is 41.7 Å². The van der Waals surface area contributed by atoms with Gasteiger partial charge in [0, 0.05) is 57.1 Å². The molecule has 3 heterocycles. The number of aliphatic imine (C=N–C) groups is 1. The van der Waals surface area contributed by atoms with Gasteiger partial charge in [-0.15, -0.1) is 0 Å². The molecule has 5 rings (SSSR count). The predicted octanol–water partition coefficient (Wildman–Crippen LogP) is 4.34. The lowest BCUT2D eigenvalue weighted by Gasteiger charge is -2.50. The number of hydrogen-bond donors (Lipinski definition) is 2. The van der Waals surface area contributed by atoms with E-state index >= 15 is 0 Å². The molecule has 1 aromatic heterocycles. The lowest BCUT2D eigenvalue weighted by Crippen LogP contribution is -2.69. The molecule has 2 aliphatic heterocycles. The Bertz CT molecular complexity index is 1450. The fraction of sp³-hybridized carbons (Fsp3) is 0.323. The van der Waals surface area contributed by atoms with E-state index in [0.29, 0.717) is 37.5 Å². The summed E-state index contributed by atoms with van der Waals surface area (Å²) in [5.41, 5.74) is 3.66. The van der Waals surface area contributed by atoms with E-state index in [0.717, 1.165) is 33.7 Å². The number of halogens is 1. The molecule has 2 amide bonds. The van der Waals surface area contributed by atoms with Crippen LogP contribution < -0.4 is 15.0 Å². The van der Waals surface area contributed by atoms with Crippen LogP contribution in [-0.2, 0) is 16.1 Å². The number of nitrogens with zero attached hydrogens (tertiary/aromatic N) is 4. The van der Waals surface area contributed by atoms with E-state index in [4.69, 9.17) is 21.7 Å². The highest BCUT2D eigenvalue weighted by molar-refractivity contribution is 6.33. The summed E-state index contributed by atoms with van der Waals surface area (Å²) in [5, 5.41) is 11.1. The fourth-order valence-electron chi connectivity index (χ4n) is 5.76. The van der Waals surface area contributed by atoms with Crippen LogP contribution in [0.2, 0.25) is 5.02 Å². The maximum atomic E-state index is 13.4. The van der Waals surface area contributed by atoms with Crippen molar-refractivity contribution in [3.8, 4) is 16.9 Å². The molecule has 1 atom stereocenters. The molecule has 1 spiro atoms. The van der Waals surface area contributed by atoms with Crippen molar-refractivity contribution in [3.05, 3.63) is 77.1 Å². The minimum atomic E-state index is -0.935. The third-order valence-corrected chi connectivity index (χ3v) is 8.29. The van der Waals surface area contributed by atoms with E-state index in [1.165, 1.54) is 6.21 Å². The molecule has 10 heteroatoms. The van der Waals surface area contributed by atoms with Crippen LogP contribution in [-0.4, -0.2) is 73.5 Å². The number of nitrogens with one attached hydrogen (secondary N) is 2. The minimum absolute atomic E-state index is 0.000273. The first-order valence-corrected chi connectivity index (χ1v) is 13.9. The number of ether oxygens (including phenoxy) is 1. The molecule has 2 saturated heterocycles. The van der Waals surface area contributed by atoms with Crippen molar-refractivity contribution in [2.75, 3.05) is 38.7 Å². The Morgan fingerprint density at radius 2 is 1.83 bits per heavy atom. The van der Waals surface area contributed by atoms with E-state index in [9.17, 15) is 9.59 Å². The van der Waals surface area contributed by atoms with Gasteiger partial charge in [0.15, 0.2) is 0 Å². The number of hydrogen-bond acceptors (Lipinski definition) is 7. The SMILES string of the molecule is CN=CC(C=N)c1ccc(-c2cncc(Cl)c2N2CCC3(CC2)C(=O)NCC(=O)N3Cc2ccc(OC)cc2)cc1. The third-order valence-electron chi connectivity index (χ3n) is 8.02. The van der Waals surface area contributed by atoms with Crippen LogP contribution >= 0.6 is 11.6 Å². The quantitative estimate of drug-likeness (QED) is 0.390. The Morgan fingerprint density at radius 3 is 2.46 bits per heavy atom. The van der Waals surface area contributed by atoms with Crippen LogP contribution in [0.4, 0.5) is 5.69 Å². The van der Waals surface area contributed by atoms with Crippen molar-refractivity contribution < 1.29 is 14.3 Å². The van der Waals surface area contributed by atoms with Gasteiger partial charge in [0.1, 0.15) is 11.3 Å².